The van der Waals surface area contributed by atoms with Gasteiger partial charge in [-0.2, -0.15) is 0 Å². The van der Waals surface area contributed by atoms with Gasteiger partial charge in [0.15, 0.2) is 0 Å². The zero-order chi connectivity index (χ0) is 26.4. The van der Waals surface area contributed by atoms with E-state index in [9.17, 15) is 24.9 Å². The lowest BCUT2D eigenvalue weighted by Gasteiger charge is -2.32. The molecule has 0 aromatic heterocycles. The molecule has 0 bridgehead atoms. The molecule has 8 nitrogen and oxygen atoms in total. The molecule has 2 aliphatic rings. The summed E-state index contributed by atoms with van der Waals surface area (Å²) in [6.45, 7) is 10.3. The summed E-state index contributed by atoms with van der Waals surface area (Å²) in [6, 6.07) is 0. The van der Waals surface area contributed by atoms with E-state index in [0.29, 0.717) is 6.42 Å². The number of aliphatic hydroxyl groups excluding tert-OH is 1. The number of esters is 2. The Morgan fingerprint density at radius 1 is 1.31 bits per heavy atom. The monoisotopic (exact) mass is 494 g/mol. The summed E-state index contributed by atoms with van der Waals surface area (Å²) < 4.78 is 16.6. The van der Waals surface area contributed by atoms with Crippen molar-refractivity contribution in [3.05, 3.63) is 36.0 Å². The summed E-state index contributed by atoms with van der Waals surface area (Å²) in [6.07, 6.45) is 7.77. The lowest BCUT2D eigenvalue weighted by atomic mass is 9.88. The molecule has 3 N–H and O–H groups in total. The van der Waals surface area contributed by atoms with Crippen LogP contribution >= 0.6 is 0 Å². The zero-order valence-corrected chi connectivity index (χ0v) is 21.8. The van der Waals surface area contributed by atoms with Crippen molar-refractivity contribution in [2.45, 2.75) is 115 Å². The van der Waals surface area contributed by atoms with E-state index in [2.05, 4.69) is 6.92 Å². The largest absolute Gasteiger partial charge is 0.457 e. The number of ether oxygens (including phenoxy) is 3. The Bertz CT molecular complexity index is 825. The SMILES string of the molecule is CCC1OC1CC(C)(O)/C=C/C=C(\C)C1OC(=O)CC(O)CCC(C)(O)C(OC(C)=O)/C=C/C1C. The van der Waals surface area contributed by atoms with Gasteiger partial charge in [0.25, 0.3) is 0 Å². The second kappa shape index (κ2) is 12.3. The van der Waals surface area contributed by atoms with E-state index >= 15 is 0 Å². The van der Waals surface area contributed by atoms with Crippen LogP contribution in [0.3, 0.4) is 0 Å². The number of rotatable bonds is 7. The van der Waals surface area contributed by atoms with Crippen molar-refractivity contribution >= 4 is 11.9 Å². The predicted molar refractivity (Wildman–Crippen MR) is 131 cm³/mol. The fourth-order valence-corrected chi connectivity index (χ4v) is 4.32. The van der Waals surface area contributed by atoms with E-state index in [1.54, 1.807) is 44.2 Å². The third-order valence-corrected chi connectivity index (χ3v) is 6.58. The topological polar surface area (TPSA) is 126 Å². The maximum atomic E-state index is 12.5. The minimum atomic E-state index is -1.41. The first-order valence-corrected chi connectivity index (χ1v) is 12.4. The maximum Gasteiger partial charge on any atom is 0.309 e. The number of hydrogen-bond acceptors (Lipinski definition) is 8. The molecule has 1 saturated heterocycles. The van der Waals surface area contributed by atoms with Crippen LogP contribution in [0.1, 0.15) is 73.6 Å². The molecule has 0 aliphatic carbocycles. The molecule has 8 unspecified atom stereocenters. The lowest BCUT2D eigenvalue weighted by Crippen LogP contribution is -2.42. The van der Waals surface area contributed by atoms with Gasteiger partial charge in [-0.05, 0) is 51.7 Å². The van der Waals surface area contributed by atoms with Crippen LogP contribution in [0.2, 0.25) is 0 Å². The summed E-state index contributed by atoms with van der Waals surface area (Å²) >= 11 is 0. The highest BCUT2D eigenvalue weighted by atomic mass is 16.6. The van der Waals surface area contributed by atoms with Crippen molar-refractivity contribution in [2.75, 3.05) is 0 Å². The van der Waals surface area contributed by atoms with Crippen molar-refractivity contribution in [3.8, 4) is 0 Å². The third kappa shape index (κ3) is 9.52. The molecule has 1 fully saturated rings. The molecule has 0 aromatic carbocycles. The number of carbonyl (C=O) groups is 2. The number of aliphatic hydroxyl groups is 3. The molecule has 8 heteroatoms. The van der Waals surface area contributed by atoms with Gasteiger partial charge in [-0.25, -0.2) is 0 Å². The fourth-order valence-electron chi connectivity index (χ4n) is 4.32. The number of epoxide rings is 1. The van der Waals surface area contributed by atoms with Gasteiger partial charge in [0.1, 0.15) is 17.8 Å². The molecule has 0 aromatic rings. The average molecular weight is 495 g/mol. The van der Waals surface area contributed by atoms with Crippen LogP contribution in [0.25, 0.3) is 0 Å². The first kappa shape index (κ1) is 29.2. The summed E-state index contributed by atoms with van der Waals surface area (Å²) in [5, 5.41) is 31.9. The summed E-state index contributed by atoms with van der Waals surface area (Å²) in [5.41, 5.74) is -1.71. The van der Waals surface area contributed by atoms with E-state index < -0.39 is 41.5 Å². The Morgan fingerprint density at radius 3 is 2.60 bits per heavy atom. The van der Waals surface area contributed by atoms with Crippen LogP contribution in [-0.4, -0.2) is 69.0 Å². The zero-order valence-electron chi connectivity index (χ0n) is 21.8. The highest BCUT2D eigenvalue weighted by Gasteiger charge is 2.41. The lowest BCUT2D eigenvalue weighted by molar-refractivity contribution is -0.157. The Hall–Kier alpha value is -2.00. The molecule has 0 amide bonds. The number of cyclic esters (lactones) is 1. The van der Waals surface area contributed by atoms with Crippen LogP contribution < -0.4 is 0 Å². The van der Waals surface area contributed by atoms with Crippen LogP contribution in [0.15, 0.2) is 36.0 Å². The highest BCUT2D eigenvalue weighted by molar-refractivity contribution is 5.70. The van der Waals surface area contributed by atoms with Gasteiger partial charge in [-0.15, -0.1) is 0 Å². The fraction of sp³-hybridized carbons (Fsp3) is 0.704. The van der Waals surface area contributed by atoms with Crippen molar-refractivity contribution in [2.24, 2.45) is 5.92 Å². The Balaban J connectivity index is 2.23. The van der Waals surface area contributed by atoms with Crippen LogP contribution in [0, 0.1) is 5.92 Å². The Labute approximate surface area is 208 Å². The second-order valence-electron chi connectivity index (χ2n) is 10.4. The van der Waals surface area contributed by atoms with Gasteiger partial charge in [0, 0.05) is 19.3 Å². The minimum Gasteiger partial charge on any atom is -0.457 e. The van der Waals surface area contributed by atoms with Gasteiger partial charge < -0.3 is 29.5 Å². The second-order valence-corrected chi connectivity index (χ2v) is 10.4. The minimum absolute atomic E-state index is 0.0657. The van der Waals surface area contributed by atoms with Crippen LogP contribution in [-0.2, 0) is 23.8 Å². The van der Waals surface area contributed by atoms with Gasteiger partial charge >= 0.3 is 11.9 Å². The normalized spacial score (nSPS) is 37.5. The molecule has 0 radical (unpaired) electrons. The molecule has 2 rings (SSSR count). The summed E-state index contributed by atoms with van der Waals surface area (Å²) in [4.78, 5) is 24.1. The van der Waals surface area contributed by atoms with E-state index in [0.717, 1.165) is 12.0 Å². The average Bonchev–Trinajstić information content (AvgIpc) is 3.49. The quantitative estimate of drug-likeness (QED) is 0.213. The van der Waals surface area contributed by atoms with Crippen LogP contribution in [0.5, 0.6) is 0 Å². The molecule has 2 aliphatic heterocycles. The Morgan fingerprint density at radius 2 is 2.00 bits per heavy atom. The standard InChI is InChI=1S/C27H42O8/c1-7-21-22(34-21)16-26(5,31)13-8-9-17(2)25-18(3)10-11-23(33-19(4)28)27(6,32)14-12-20(29)15-24(30)35-25/h8-11,13,18,20-23,25,29,31-32H,7,12,14-16H2,1-6H3/b11-10+,13-8+,17-9+. The predicted octanol–water partition coefficient (Wildman–Crippen LogP) is 3.14. The molecule has 198 valence electrons. The molecule has 2 heterocycles. The smallest absolute Gasteiger partial charge is 0.309 e. The summed E-state index contributed by atoms with van der Waals surface area (Å²) in [5.74, 6) is -1.39. The highest BCUT2D eigenvalue weighted by Crippen LogP contribution is 2.33. The van der Waals surface area contributed by atoms with E-state index in [4.69, 9.17) is 14.2 Å². The maximum absolute atomic E-state index is 12.5. The molecule has 0 saturated carbocycles. The number of allylic oxidation sites excluding steroid dienone is 2. The van der Waals surface area contributed by atoms with E-state index in [-0.39, 0.29) is 37.4 Å². The molecule has 0 spiro atoms. The number of carbonyl (C=O) groups excluding carboxylic acids is 2. The van der Waals surface area contributed by atoms with Gasteiger partial charge in [-0.1, -0.05) is 38.2 Å². The first-order chi connectivity index (χ1) is 16.2. The van der Waals surface area contributed by atoms with Crippen LogP contribution in [0.4, 0.5) is 0 Å². The summed E-state index contributed by atoms with van der Waals surface area (Å²) in [7, 11) is 0. The van der Waals surface area contributed by atoms with Crippen molar-refractivity contribution < 1.29 is 39.1 Å². The molecule has 8 atom stereocenters. The Kier molecular flexibility index (Phi) is 10.3. The van der Waals surface area contributed by atoms with Crippen molar-refractivity contribution in [1.82, 2.24) is 0 Å². The van der Waals surface area contributed by atoms with E-state index in [1.165, 1.54) is 6.92 Å². The van der Waals surface area contributed by atoms with E-state index in [1.807, 2.05) is 13.8 Å². The van der Waals surface area contributed by atoms with Gasteiger partial charge in [0.2, 0.25) is 0 Å². The van der Waals surface area contributed by atoms with Gasteiger partial charge in [-0.3, -0.25) is 9.59 Å². The molecular formula is C27H42O8. The third-order valence-electron chi connectivity index (χ3n) is 6.58. The van der Waals surface area contributed by atoms with Crippen molar-refractivity contribution in [1.29, 1.82) is 0 Å². The first-order valence-electron chi connectivity index (χ1n) is 12.4. The van der Waals surface area contributed by atoms with Gasteiger partial charge in [0.05, 0.1) is 30.3 Å². The molecular weight excluding hydrogens is 452 g/mol. The number of hydrogen-bond donors (Lipinski definition) is 3. The molecule has 35 heavy (non-hydrogen) atoms. The van der Waals surface area contributed by atoms with Crippen molar-refractivity contribution in [3.63, 3.8) is 0 Å².